The fourth-order valence-corrected chi connectivity index (χ4v) is 5.47. The van der Waals surface area contributed by atoms with Crippen molar-refractivity contribution in [3.05, 3.63) is 76.8 Å². The van der Waals surface area contributed by atoms with Gasteiger partial charge in [0.25, 0.3) is 11.8 Å². The van der Waals surface area contributed by atoms with Gasteiger partial charge in [0.2, 0.25) is 0 Å². The van der Waals surface area contributed by atoms with Gasteiger partial charge < -0.3 is 25.6 Å². The van der Waals surface area contributed by atoms with E-state index in [1.807, 2.05) is 60.8 Å². The molecule has 2 aromatic carbocycles. The molecule has 4 aromatic rings. The largest absolute Gasteiger partial charge is 0.480 e. The summed E-state index contributed by atoms with van der Waals surface area (Å²) in [6.07, 6.45) is 1.66. The molecule has 0 aliphatic carbocycles. The van der Waals surface area contributed by atoms with Crippen molar-refractivity contribution in [3.8, 4) is 17.0 Å². The average Bonchev–Trinajstić information content (AvgIpc) is 3.44. The number of fused-ring (bicyclic) bond motifs is 1. The molecule has 0 unspecified atom stereocenters. The number of aryl methyl sites for hydroxylation is 1. The van der Waals surface area contributed by atoms with Crippen LogP contribution in [0.25, 0.3) is 11.3 Å². The number of benzene rings is 2. The maximum atomic E-state index is 13.0. The van der Waals surface area contributed by atoms with Gasteiger partial charge in [0.15, 0.2) is 23.3 Å². The molecule has 41 heavy (non-hydrogen) atoms. The SMILES string of the molecule is Cc1ccc(NC(=O)c2ccc(CN3CCN(C)CC3)cc2)cc1Nc1nc(-c2cnc3c(c2)OCC(=O)N3)cs1. The Labute approximate surface area is 242 Å². The first kappa shape index (κ1) is 26.9. The fourth-order valence-electron chi connectivity index (χ4n) is 4.74. The number of rotatable bonds is 7. The van der Waals surface area contributed by atoms with Crippen LogP contribution in [0.4, 0.5) is 22.3 Å². The number of hydrogen-bond acceptors (Lipinski definition) is 9. The Morgan fingerprint density at radius 1 is 1.10 bits per heavy atom. The predicted molar refractivity (Wildman–Crippen MR) is 161 cm³/mol. The molecule has 210 valence electrons. The summed E-state index contributed by atoms with van der Waals surface area (Å²) in [6.45, 7) is 7.16. The number of amides is 2. The number of likely N-dealkylation sites (N-methyl/N-ethyl adjacent to an activating group) is 1. The van der Waals surface area contributed by atoms with Gasteiger partial charge in [0.05, 0.1) is 5.69 Å². The molecule has 4 heterocycles. The minimum Gasteiger partial charge on any atom is -0.480 e. The first-order valence-corrected chi connectivity index (χ1v) is 14.3. The zero-order valence-electron chi connectivity index (χ0n) is 22.9. The van der Waals surface area contributed by atoms with E-state index < -0.39 is 0 Å². The molecule has 1 fully saturated rings. The number of thiazole rings is 1. The van der Waals surface area contributed by atoms with Crippen molar-refractivity contribution in [3.63, 3.8) is 0 Å². The van der Waals surface area contributed by atoms with Gasteiger partial charge in [0.1, 0.15) is 0 Å². The Kier molecular flexibility index (Phi) is 7.64. The number of piperazine rings is 1. The number of nitrogens with one attached hydrogen (secondary N) is 3. The number of pyridine rings is 1. The molecule has 0 bridgehead atoms. The molecule has 2 aromatic heterocycles. The molecule has 2 aliphatic rings. The van der Waals surface area contributed by atoms with Crippen molar-refractivity contribution in [2.24, 2.45) is 0 Å². The lowest BCUT2D eigenvalue weighted by Crippen LogP contribution is -2.43. The van der Waals surface area contributed by atoms with Crippen LogP contribution in [0.15, 0.2) is 60.1 Å². The summed E-state index contributed by atoms with van der Waals surface area (Å²) in [5.41, 5.74) is 5.92. The van der Waals surface area contributed by atoms with Crippen molar-refractivity contribution >= 4 is 45.5 Å². The average molecular weight is 570 g/mol. The predicted octanol–water partition coefficient (Wildman–Crippen LogP) is 4.59. The second kappa shape index (κ2) is 11.7. The van der Waals surface area contributed by atoms with Crippen LogP contribution in [-0.2, 0) is 11.3 Å². The van der Waals surface area contributed by atoms with Gasteiger partial charge in [-0.3, -0.25) is 14.5 Å². The van der Waals surface area contributed by atoms with E-state index in [0.717, 1.165) is 55.2 Å². The monoisotopic (exact) mass is 569 g/mol. The lowest BCUT2D eigenvalue weighted by molar-refractivity contribution is -0.118. The smallest absolute Gasteiger partial charge is 0.263 e. The highest BCUT2D eigenvalue weighted by atomic mass is 32.1. The number of carbonyl (C=O) groups excluding carboxylic acids is 2. The molecule has 1 saturated heterocycles. The Bertz CT molecular complexity index is 1580. The van der Waals surface area contributed by atoms with E-state index in [4.69, 9.17) is 9.72 Å². The van der Waals surface area contributed by atoms with Crippen molar-refractivity contribution in [2.75, 3.05) is 55.8 Å². The van der Waals surface area contributed by atoms with Crippen molar-refractivity contribution < 1.29 is 14.3 Å². The summed E-state index contributed by atoms with van der Waals surface area (Å²) in [5.74, 6) is 0.561. The van der Waals surface area contributed by atoms with Gasteiger partial charge in [0, 0.05) is 66.8 Å². The Hall–Kier alpha value is -4.32. The lowest BCUT2D eigenvalue weighted by Gasteiger charge is -2.32. The molecule has 0 spiro atoms. The highest BCUT2D eigenvalue weighted by molar-refractivity contribution is 7.14. The van der Waals surface area contributed by atoms with Crippen molar-refractivity contribution in [1.29, 1.82) is 0 Å². The molecule has 0 atom stereocenters. The highest BCUT2D eigenvalue weighted by Gasteiger charge is 2.19. The number of carbonyl (C=O) groups is 2. The molecule has 6 rings (SSSR count). The second-order valence-corrected chi connectivity index (χ2v) is 11.2. The quantitative estimate of drug-likeness (QED) is 0.297. The van der Waals surface area contributed by atoms with Gasteiger partial charge in [-0.1, -0.05) is 18.2 Å². The van der Waals surface area contributed by atoms with Crippen LogP contribution in [0.5, 0.6) is 5.75 Å². The third-order valence-electron chi connectivity index (χ3n) is 7.22. The van der Waals surface area contributed by atoms with Gasteiger partial charge in [-0.25, -0.2) is 9.97 Å². The molecule has 10 nitrogen and oxygen atoms in total. The highest BCUT2D eigenvalue weighted by Crippen LogP contribution is 2.33. The summed E-state index contributed by atoms with van der Waals surface area (Å²) >= 11 is 1.46. The van der Waals surface area contributed by atoms with E-state index in [2.05, 4.69) is 37.8 Å². The number of aromatic nitrogens is 2. The minimum atomic E-state index is -0.221. The molecule has 3 N–H and O–H groups in total. The van der Waals surface area contributed by atoms with Crippen molar-refractivity contribution in [2.45, 2.75) is 13.5 Å². The van der Waals surface area contributed by atoms with E-state index in [1.54, 1.807) is 6.20 Å². The van der Waals surface area contributed by atoms with E-state index in [-0.39, 0.29) is 18.4 Å². The Morgan fingerprint density at radius 3 is 2.71 bits per heavy atom. The molecule has 0 radical (unpaired) electrons. The standard InChI is InChI=1S/C30H31N7O3S/c1-19-3-8-23(32-29(39)21-6-4-20(5-7-21)16-37-11-9-36(2)10-12-37)14-24(19)33-30-34-25(18-41-30)22-13-26-28(31-15-22)35-27(38)17-40-26/h3-8,13-15,18H,9-12,16-17H2,1-2H3,(H,32,39)(H,33,34)(H,31,35,38). The Balaban J connectivity index is 1.09. The first-order valence-electron chi connectivity index (χ1n) is 13.5. The van der Waals surface area contributed by atoms with E-state index in [9.17, 15) is 9.59 Å². The third-order valence-corrected chi connectivity index (χ3v) is 7.98. The normalized spacial score (nSPS) is 15.5. The number of anilines is 4. The van der Waals surface area contributed by atoms with Crippen LogP contribution in [-0.4, -0.2) is 71.4 Å². The molecular weight excluding hydrogens is 538 g/mol. The molecular formula is C30H31N7O3S. The first-order chi connectivity index (χ1) is 19.9. The summed E-state index contributed by atoms with van der Waals surface area (Å²) < 4.78 is 5.48. The van der Waals surface area contributed by atoms with Crippen molar-refractivity contribution in [1.82, 2.24) is 19.8 Å². The molecule has 0 saturated carbocycles. The summed E-state index contributed by atoms with van der Waals surface area (Å²) in [7, 11) is 2.15. The summed E-state index contributed by atoms with van der Waals surface area (Å²) in [6, 6.07) is 15.4. The number of hydrogen-bond donors (Lipinski definition) is 3. The van der Waals surface area contributed by atoms with Gasteiger partial charge >= 0.3 is 0 Å². The second-order valence-electron chi connectivity index (χ2n) is 10.3. The molecule has 11 heteroatoms. The van der Waals surface area contributed by atoms with Gasteiger partial charge in [-0.05, 0) is 55.4 Å². The summed E-state index contributed by atoms with van der Waals surface area (Å²) in [5, 5.41) is 11.7. The topological polar surface area (TPSA) is 112 Å². The van der Waals surface area contributed by atoms with Gasteiger partial charge in [-0.2, -0.15) is 0 Å². The third kappa shape index (κ3) is 6.37. The van der Waals surface area contributed by atoms with Crippen LogP contribution in [0.3, 0.4) is 0 Å². The van der Waals surface area contributed by atoms with E-state index in [1.165, 1.54) is 16.9 Å². The maximum Gasteiger partial charge on any atom is 0.263 e. The number of nitrogens with zero attached hydrogens (tertiary/aromatic N) is 4. The minimum absolute atomic E-state index is 0.0314. The Morgan fingerprint density at radius 2 is 1.90 bits per heavy atom. The van der Waals surface area contributed by atoms with Crippen LogP contribution >= 0.6 is 11.3 Å². The fraction of sp³-hybridized carbons (Fsp3) is 0.267. The van der Waals surface area contributed by atoms with E-state index in [0.29, 0.717) is 27.9 Å². The maximum absolute atomic E-state index is 13.0. The lowest BCUT2D eigenvalue weighted by atomic mass is 10.1. The zero-order chi connectivity index (χ0) is 28.3. The summed E-state index contributed by atoms with van der Waals surface area (Å²) in [4.78, 5) is 38.3. The van der Waals surface area contributed by atoms with Gasteiger partial charge in [-0.15, -0.1) is 11.3 Å². The number of ether oxygens (including phenoxy) is 1. The van der Waals surface area contributed by atoms with Crippen LogP contribution < -0.4 is 20.7 Å². The zero-order valence-corrected chi connectivity index (χ0v) is 23.8. The molecule has 2 aliphatic heterocycles. The van der Waals surface area contributed by atoms with Crippen LogP contribution in [0.1, 0.15) is 21.5 Å². The van der Waals surface area contributed by atoms with Crippen LogP contribution in [0.2, 0.25) is 0 Å². The molecule has 2 amide bonds. The van der Waals surface area contributed by atoms with Crippen LogP contribution in [0, 0.1) is 6.92 Å². The van der Waals surface area contributed by atoms with E-state index >= 15 is 0 Å².